The summed E-state index contributed by atoms with van der Waals surface area (Å²) in [5, 5.41) is -0.326. The van der Waals surface area contributed by atoms with Gasteiger partial charge in [-0.25, -0.2) is 14.6 Å². The van der Waals surface area contributed by atoms with E-state index in [2.05, 4.69) is 15.0 Å². The summed E-state index contributed by atoms with van der Waals surface area (Å²) in [6, 6.07) is 0. The van der Waals surface area contributed by atoms with E-state index in [0.717, 1.165) is 0 Å². The van der Waals surface area contributed by atoms with Gasteiger partial charge >= 0.3 is 25.8 Å². The van der Waals surface area contributed by atoms with Crippen LogP contribution in [0.3, 0.4) is 0 Å². The molecule has 2 aromatic rings. The van der Waals surface area contributed by atoms with Crippen LogP contribution in [-0.2, 0) is 46.8 Å². The molecule has 19 heteroatoms. The maximum absolute atomic E-state index is 13.4. The standard InChI is InChI=1S/C29H43ClN5O12P/c1-11-41-48(39,42-12-2)14-17(36)40-13-16-19-20(45-29(9,10)44-19)23(43-16)34-15-31-18-21(34)32-24(30)33-22(18)35(25(37)46-27(3,4)5)26(38)47-28(6,7)8/h15-16,19-20,23H,11-14H2,1-10H3/t16-,19?,20?,23-/m1/s1. The quantitative estimate of drug-likeness (QED) is 0.132. The van der Waals surface area contributed by atoms with E-state index in [-0.39, 0.29) is 42.1 Å². The molecule has 268 valence electrons. The molecular formula is C29H43ClN5O12P. The number of imide groups is 1. The summed E-state index contributed by atoms with van der Waals surface area (Å²) in [7, 11) is -3.69. The Kier molecular flexibility index (Phi) is 11.2. The molecule has 0 bridgehead atoms. The zero-order valence-electron chi connectivity index (χ0n) is 28.7. The van der Waals surface area contributed by atoms with E-state index in [9.17, 15) is 18.9 Å². The molecule has 17 nitrogen and oxygen atoms in total. The van der Waals surface area contributed by atoms with Gasteiger partial charge in [0.2, 0.25) is 5.28 Å². The smallest absolute Gasteiger partial charge is 0.425 e. The van der Waals surface area contributed by atoms with Crippen molar-refractivity contribution in [3.63, 3.8) is 0 Å². The van der Waals surface area contributed by atoms with E-state index < -0.39 is 73.4 Å². The highest BCUT2D eigenvalue weighted by molar-refractivity contribution is 7.54. The van der Waals surface area contributed by atoms with E-state index in [1.165, 1.54) is 10.9 Å². The Morgan fingerprint density at radius 1 is 0.979 bits per heavy atom. The summed E-state index contributed by atoms with van der Waals surface area (Å²) in [6.07, 6.45) is -4.67. The molecule has 4 heterocycles. The van der Waals surface area contributed by atoms with Gasteiger partial charge in [0, 0.05) is 0 Å². The predicted octanol–water partition coefficient (Wildman–Crippen LogP) is 5.38. The lowest BCUT2D eigenvalue weighted by Crippen LogP contribution is -2.44. The second kappa shape index (κ2) is 14.1. The number of carbonyl (C=O) groups is 3. The van der Waals surface area contributed by atoms with Gasteiger partial charge in [-0.1, -0.05) is 0 Å². The number of esters is 1. The van der Waals surface area contributed by atoms with Crippen LogP contribution >= 0.6 is 19.2 Å². The SMILES string of the molecule is CCOP(=O)(CC(=O)OC[C@H]1O[C@@H](n2cnc3c(N(C(=O)OC(C)(C)C)C(=O)OC(C)(C)C)nc(Cl)nc32)C2OC(C)(C)OC21)OCC. The van der Waals surface area contributed by atoms with Gasteiger partial charge in [0.15, 0.2) is 29.0 Å². The molecular weight excluding hydrogens is 677 g/mol. The summed E-state index contributed by atoms with van der Waals surface area (Å²) < 4.78 is 59.7. The van der Waals surface area contributed by atoms with Gasteiger partial charge in [0.25, 0.3) is 0 Å². The number of ether oxygens (including phenoxy) is 6. The summed E-state index contributed by atoms with van der Waals surface area (Å²) in [4.78, 5) is 52.9. The molecule has 4 rings (SSSR count). The van der Waals surface area contributed by atoms with Crippen LogP contribution < -0.4 is 4.90 Å². The molecule has 2 saturated heterocycles. The highest BCUT2D eigenvalue weighted by atomic mass is 35.5. The molecule has 0 aromatic carbocycles. The lowest BCUT2D eigenvalue weighted by atomic mass is 10.1. The van der Waals surface area contributed by atoms with Crippen LogP contribution in [-0.4, -0.2) is 99.0 Å². The third-order valence-electron chi connectivity index (χ3n) is 6.52. The normalized spacial score (nSPS) is 22.4. The van der Waals surface area contributed by atoms with Gasteiger partial charge < -0.3 is 37.5 Å². The van der Waals surface area contributed by atoms with Crippen molar-refractivity contribution in [2.24, 2.45) is 0 Å². The molecule has 48 heavy (non-hydrogen) atoms. The van der Waals surface area contributed by atoms with Crippen molar-refractivity contribution in [1.82, 2.24) is 19.5 Å². The fourth-order valence-corrected chi connectivity index (χ4v) is 6.61. The van der Waals surface area contributed by atoms with E-state index >= 15 is 0 Å². The van der Waals surface area contributed by atoms with E-state index in [4.69, 9.17) is 49.1 Å². The van der Waals surface area contributed by atoms with E-state index in [1.807, 2.05) is 0 Å². The number of aromatic nitrogens is 4. The summed E-state index contributed by atoms with van der Waals surface area (Å²) in [5.74, 6) is -2.15. The molecule has 0 radical (unpaired) electrons. The maximum Gasteiger partial charge on any atom is 0.425 e. The Bertz CT molecular complexity index is 1530. The Labute approximate surface area is 283 Å². The van der Waals surface area contributed by atoms with Crippen LogP contribution in [0, 0.1) is 0 Å². The average Bonchev–Trinajstić information content (AvgIpc) is 3.56. The number of hydrogen-bond donors (Lipinski definition) is 0. The molecule has 0 saturated carbocycles. The Morgan fingerprint density at radius 2 is 1.54 bits per heavy atom. The number of amides is 2. The summed E-state index contributed by atoms with van der Waals surface area (Å²) in [5.41, 5.74) is -1.89. The molecule has 2 fully saturated rings. The third-order valence-corrected chi connectivity index (χ3v) is 8.64. The van der Waals surface area contributed by atoms with Crippen molar-refractivity contribution in [1.29, 1.82) is 0 Å². The second-order valence-corrected chi connectivity index (χ2v) is 15.7. The van der Waals surface area contributed by atoms with Gasteiger partial charge in [-0.2, -0.15) is 14.9 Å². The van der Waals surface area contributed by atoms with Gasteiger partial charge in [-0.3, -0.25) is 13.9 Å². The number of nitrogens with zero attached hydrogens (tertiary/aromatic N) is 5. The third kappa shape index (κ3) is 9.00. The first-order valence-corrected chi connectivity index (χ1v) is 17.5. The first-order chi connectivity index (χ1) is 22.2. The zero-order chi connectivity index (χ0) is 35.8. The number of anilines is 1. The minimum atomic E-state index is -3.69. The van der Waals surface area contributed by atoms with Crippen LogP contribution in [0.5, 0.6) is 0 Å². The molecule has 2 unspecified atom stereocenters. The number of hydrogen-bond acceptors (Lipinski definition) is 15. The van der Waals surface area contributed by atoms with Gasteiger partial charge in [0.1, 0.15) is 42.3 Å². The zero-order valence-corrected chi connectivity index (χ0v) is 30.3. The molecule has 2 aromatic heterocycles. The monoisotopic (exact) mass is 719 g/mol. The van der Waals surface area contributed by atoms with Crippen molar-refractivity contribution >= 4 is 54.3 Å². The van der Waals surface area contributed by atoms with Crippen molar-refractivity contribution < 1.29 is 56.4 Å². The van der Waals surface area contributed by atoms with Crippen molar-refractivity contribution in [2.75, 3.05) is 30.9 Å². The number of rotatable bonds is 10. The maximum atomic E-state index is 13.4. The predicted molar refractivity (Wildman–Crippen MR) is 170 cm³/mol. The molecule has 0 aliphatic carbocycles. The first kappa shape index (κ1) is 37.9. The lowest BCUT2D eigenvalue weighted by molar-refractivity contribution is -0.201. The Balaban J connectivity index is 1.67. The molecule has 2 aliphatic heterocycles. The minimum absolute atomic E-state index is 0.00748. The number of fused-ring (bicyclic) bond motifs is 2. The highest BCUT2D eigenvalue weighted by Gasteiger charge is 2.56. The van der Waals surface area contributed by atoms with Crippen molar-refractivity contribution in [3.8, 4) is 0 Å². The Morgan fingerprint density at radius 3 is 2.08 bits per heavy atom. The topological polar surface area (TPSA) is 189 Å². The van der Waals surface area contributed by atoms with Gasteiger partial charge in [-0.15, -0.1) is 0 Å². The fraction of sp³-hybridized carbons (Fsp3) is 0.724. The van der Waals surface area contributed by atoms with Crippen molar-refractivity contribution in [2.45, 2.75) is 111 Å². The summed E-state index contributed by atoms with van der Waals surface area (Å²) >= 11 is 6.35. The minimum Gasteiger partial charge on any atom is -0.462 e. The molecule has 2 amide bonds. The number of imidazole rings is 1. The van der Waals surface area contributed by atoms with Crippen LogP contribution in [0.4, 0.5) is 15.4 Å². The largest absolute Gasteiger partial charge is 0.462 e. The van der Waals surface area contributed by atoms with Crippen LogP contribution in [0.15, 0.2) is 6.33 Å². The van der Waals surface area contributed by atoms with E-state index in [0.29, 0.717) is 4.90 Å². The number of carbonyl (C=O) groups excluding carboxylic acids is 3. The molecule has 0 spiro atoms. The second-order valence-electron chi connectivity index (χ2n) is 13.4. The number of halogens is 1. The van der Waals surface area contributed by atoms with Gasteiger partial charge in [-0.05, 0) is 80.8 Å². The molecule has 2 aliphatic rings. The summed E-state index contributed by atoms with van der Waals surface area (Å²) in [6.45, 7) is 16.4. The first-order valence-electron chi connectivity index (χ1n) is 15.4. The fourth-order valence-electron chi connectivity index (χ4n) is 5.00. The van der Waals surface area contributed by atoms with Crippen LogP contribution in [0.25, 0.3) is 11.2 Å². The Hall–Kier alpha value is -2.92. The van der Waals surface area contributed by atoms with Crippen molar-refractivity contribution in [3.05, 3.63) is 11.6 Å². The van der Waals surface area contributed by atoms with E-state index in [1.54, 1.807) is 69.2 Å². The highest BCUT2D eigenvalue weighted by Crippen LogP contribution is 2.48. The lowest BCUT2D eigenvalue weighted by Gasteiger charge is -2.28. The molecule has 4 atom stereocenters. The molecule has 0 N–H and O–H groups in total. The van der Waals surface area contributed by atoms with Gasteiger partial charge in [0.05, 0.1) is 19.5 Å². The average molecular weight is 720 g/mol. The van der Waals surface area contributed by atoms with Crippen LogP contribution in [0.2, 0.25) is 5.28 Å². The van der Waals surface area contributed by atoms with Crippen LogP contribution in [0.1, 0.15) is 75.5 Å².